The Bertz CT molecular complexity index is 908. The average molecular weight is 369 g/mol. The lowest BCUT2D eigenvalue weighted by Gasteiger charge is -2.20. The minimum absolute atomic E-state index is 0.236. The topological polar surface area (TPSA) is 90.3 Å². The van der Waals surface area contributed by atoms with E-state index in [2.05, 4.69) is 10.1 Å². The molecule has 0 N–H and O–H groups in total. The number of rotatable bonds is 4. The van der Waals surface area contributed by atoms with Crippen LogP contribution < -0.4 is 9.47 Å². The van der Waals surface area contributed by atoms with Gasteiger partial charge in [0, 0.05) is 31.3 Å². The summed E-state index contributed by atoms with van der Waals surface area (Å²) in [4.78, 5) is 27.6. The zero-order chi connectivity index (χ0) is 19.6. The van der Waals surface area contributed by atoms with Crippen LogP contribution in [-0.4, -0.2) is 34.9 Å². The number of methoxy groups -OCH3 is 1. The van der Waals surface area contributed by atoms with Crippen molar-refractivity contribution in [3.63, 3.8) is 0 Å². The molecule has 1 aliphatic heterocycles. The Morgan fingerprint density at radius 1 is 1.15 bits per heavy atom. The van der Waals surface area contributed by atoms with Crippen molar-refractivity contribution in [2.75, 3.05) is 7.11 Å². The summed E-state index contributed by atoms with van der Waals surface area (Å²) in [5.41, 5.74) is 2.10. The van der Waals surface area contributed by atoms with E-state index >= 15 is 0 Å². The third kappa shape index (κ3) is 3.89. The van der Waals surface area contributed by atoms with Crippen LogP contribution in [0.2, 0.25) is 0 Å². The number of benzene rings is 1. The summed E-state index contributed by atoms with van der Waals surface area (Å²) in [5.74, 6) is 0.140. The highest BCUT2D eigenvalue weighted by atomic mass is 16.6. The van der Waals surface area contributed by atoms with Gasteiger partial charge in [0.05, 0.1) is 12.7 Å². The van der Waals surface area contributed by atoms with Crippen molar-refractivity contribution < 1.29 is 23.8 Å². The Balaban J connectivity index is 1.95. The molecule has 0 unspecified atom stereocenters. The second-order valence-corrected chi connectivity index (χ2v) is 5.93. The average Bonchev–Trinajstić information content (AvgIpc) is 3.07. The molecular weight excluding hydrogens is 350 g/mol. The van der Waals surface area contributed by atoms with Crippen LogP contribution in [0, 0.1) is 6.92 Å². The number of carbonyl (C=O) groups is 2. The highest BCUT2D eigenvalue weighted by molar-refractivity contribution is 5.96. The van der Waals surface area contributed by atoms with Gasteiger partial charge in [0.2, 0.25) is 18.0 Å². The van der Waals surface area contributed by atoms with E-state index in [1.807, 2.05) is 19.1 Å². The Kier molecular flexibility index (Phi) is 5.07. The van der Waals surface area contributed by atoms with E-state index in [4.69, 9.17) is 14.2 Å². The first-order valence-electron chi connectivity index (χ1n) is 8.23. The lowest BCUT2D eigenvalue weighted by molar-refractivity contribution is -0.135. The van der Waals surface area contributed by atoms with Crippen molar-refractivity contribution in [2.24, 2.45) is 5.10 Å². The Hall–Kier alpha value is -3.42. The highest BCUT2D eigenvalue weighted by Crippen LogP contribution is 2.36. The minimum atomic E-state index is -0.793. The number of esters is 1. The molecule has 0 spiro atoms. The Morgan fingerprint density at radius 3 is 2.52 bits per heavy atom. The van der Waals surface area contributed by atoms with Gasteiger partial charge in [-0.2, -0.15) is 5.01 Å². The molecule has 0 saturated heterocycles. The summed E-state index contributed by atoms with van der Waals surface area (Å²) in [6, 6.07) is 8.60. The largest absolute Gasteiger partial charge is 0.493 e. The maximum Gasteiger partial charge on any atom is 0.308 e. The maximum atomic E-state index is 12.1. The summed E-state index contributed by atoms with van der Waals surface area (Å²) in [6.07, 6.45) is 0.840. The molecule has 140 valence electrons. The van der Waals surface area contributed by atoms with Crippen molar-refractivity contribution in [3.05, 3.63) is 53.3 Å². The lowest BCUT2D eigenvalue weighted by Crippen LogP contribution is -2.25. The first kappa shape index (κ1) is 18.4. The minimum Gasteiger partial charge on any atom is -0.493 e. The summed E-state index contributed by atoms with van der Waals surface area (Å²) in [7, 11) is 1.47. The molecule has 0 radical (unpaired) electrons. The molecule has 1 aromatic carbocycles. The van der Waals surface area contributed by atoms with Crippen LogP contribution in [0.5, 0.6) is 11.5 Å². The highest BCUT2D eigenvalue weighted by Gasteiger charge is 2.33. The fourth-order valence-corrected chi connectivity index (χ4v) is 2.58. The van der Waals surface area contributed by atoms with Crippen LogP contribution in [0.1, 0.15) is 36.9 Å². The van der Waals surface area contributed by atoms with E-state index in [-0.39, 0.29) is 17.6 Å². The normalized spacial score (nSPS) is 15.8. The molecule has 2 heterocycles. The van der Waals surface area contributed by atoms with E-state index < -0.39 is 12.2 Å². The fourth-order valence-electron chi connectivity index (χ4n) is 2.58. The van der Waals surface area contributed by atoms with Gasteiger partial charge in [-0.25, -0.2) is 0 Å². The standard InChI is InChI=1S/C19H19N3O5/c1-11-5-6-15(10-20-11)18-21-22(12(2)23)19(27-18)14-7-8-16(25-4)17(9-14)26-13(3)24/h5-10,19H,1-4H3/t19-/m1/s1. The molecule has 0 bridgehead atoms. The maximum absolute atomic E-state index is 12.1. The van der Waals surface area contributed by atoms with E-state index in [9.17, 15) is 9.59 Å². The van der Waals surface area contributed by atoms with Gasteiger partial charge in [0.25, 0.3) is 0 Å². The molecule has 0 fully saturated rings. The number of nitrogens with zero attached hydrogens (tertiary/aromatic N) is 3. The molecule has 27 heavy (non-hydrogen) atoms. The summed E-state index contributed by atoms with van der Waals surface area (Å²) < 4.78 is 16.3. The molecule has 8 heteroatoms. The molecule has 8 nitrogen and oxygen atoms in total. The van der Waals surface area contributed by atoms with Gasteiger partial charge >= 0.3 is 5.97 Å². The first-order valence-corrected chi connectivity index (χ1v) is 8.23. The lowest BCUT2D eigenvalue weighted by atomic mass is 10.1. The number of pyridine rings is 1. The van der Waals surface area contributed by atoms with Gasteiger partial charge in [-0.3, -0.25) is 14.6 Å². The summed E-state index contributed by atoms with van der Waals surface area (Å²) in [5, 5.41) is 5.51. The van der Waals surface area contributed by atoms with E-state index in [0.29, 0.717) is 16.9 Å². The number of carbonyl (C=O) groups excluding carboxylic acids is 2. The summed E-state index contributed by atoms with van der Waals surface area (Å²) in [6.45, 7) is 4.57. The van der Waals surface area contributed by atoms with Gasteiger partial charge in [-0.15, -0.1) is 5.10 Å². The number of ether oxygens (including phenoxy) is 3. The van der Waals surface area contributed by atoms with Crippen LogP contribution in [0.3, 0.4) is 0 Å². The van der Waals surface area contributed by atoms with Crippen LogP contribution in [-0.2, 0) is 14.3 Å². The van der Waals surface area contributed by atoms with Crippen LogP contribution >= 0.6 is 0 Å². The molecule has 1 aromatic heterocycles. The molecule has 3 rings (SSSR count). The molecule has 0 aliphatic carbocycles. The predicted molar refractivity (Wildman–Crippen MR) is 96.2 cm³/mol. The molecule has 2 aromatic rings. The molecule has 1 aliphatic rings. The molecule has 0 saturated carbocycles. The van der Waals surface area contributed by atoms with E-state index in [1.54, 1.807) is 24.4 Å². The second kappa shape index (κ2) is 7.45. The Morgan fingerprint density at radius 2 is 1.93 bits per heavy atom. The first-order chi connectivity index (χ1) is 12.9. The van der Waals surface area contributed by atoms with Gasteiger partial charge < -0.3 is 14.2 Å². The summed E-state index contributed by atoms with van der Waals surface area (Å²) >= 11 is 0. The van der Waals surface area contributed by atoms with Crippen LogP contribution in [0.25, 0.3) is 0 Å². The third-order valence-electron chi connectivity index (χ3n) is 3.85. The van der Waals surface area contributed by atoms with Crippen molar-refractivity contribution in [3.8, 4) is 11.5 Å². The molecular formula is C19H19N3O5. The van der Waals surface area contributed by atoms with Crippen LogP contribution in [0.4, 0.5) is 0 Å². The van der Waals surface area contributed by atoms with Gasteiger partial charge in [-0.05, 0) is 37.3 Å². The SMILES string of the molecule is COc1ccc([C@H]2OC(c3ccc(C)nc3)=NN2C(C)=O)cc1OC(C)=O. The van der Waals surface area contributed by atoms with Gasteiger partial charge in [0.15, 0.2) is 11.5 Å². The van der Waals surface area contributed by atoms with Crippen molar-refractivity contribution in [1.29, 1.82) is 0 Å². The van der Waals surface area contributed by atoms with E-state index in [1.165, 1.54) is 26.0 Å². The monoisotopic (exact) mass is 369 g/mol. The number of hydrazone groups is 1. The van der Waals surface area contributed by atoms with Crippen molar-refractivity contribution in [1.82, 2.24) is 9.99 Å². The molecule has 1 amide bonds. The van der Waals surface area contributed by atoms with Gasteiger partial charge in [-0.1, -0.05) is 0 Å². The third-order valence-corrected chi connectivity index (χ3v) is 3.85. The zero-order valence-electron chi connectivity index (χ0n) is 15.4. The number of aromatic nitrogens is 1. The second-order valence-electron chi connectivity index (χ2n) is 5.93. The zero-order valence-corrected chi connectivity index (χ0v) is 15.4. The Labute approximate surface area is 156 Å². The number of amides is 1. The van der Waals surface area contributed by atoms with Gasteiger partial charge in [0.1, 0.15) is 0 Å². The van der Waals surface area contributed by atoms with Crippen molar-refractivity contribution >= 4 is 17.8 Å². The van der Waals surface area contributed by atoms with Crippen LogP contribution in [0.15, 0.2) is 41.6 Å². The number of hydrogen-bond donors (Lipinski definition) is 0. The fraction of sp³-hybridized carbons (Fsp3) is 0.263. The quantitative estimate of drug-likeness (QED) is 0.608. The number of hydrogen-bond acceptors (Lipinski definition) is 7. The molecule has 1 atom stereocenters. The number of aryl methyl sites for hydroxylation is 1. The predicted octanol–water partition coefficient (Wildman–Crippen LogP) is 2.56. The van der Waals surface area contributed by atoms with Crippen molar-refractivity contribution in [2.45, 2.75) is 27.0 Å². The van der Waals surface area contributed by atoms with E-state index in [0.717, 1.165) is 5.69 Å². The smallest absolute Gasteiger partial charge is 0.308 e.